The number of hydrogen-bond acceptors (Lipinski definition) is 4. The van der Waals surface area contributed by atoms with Crippen LogP contribution in [0.4, 0.5) is 0 Å². The second-order valence-electron chi connectivity index (χ2n) is 7.88. The lowest BCUT2D eigenvalue weighted by Crippen LogP contribution is -2.45. The molecule has 4 atom stereocenters. The van der Waals surface area contributed by atoms with Gasteiger partial charge in [0.2, 0.25) is 0 Å². The predicted octanol–water partition coefficient (Wildman–Crippen LogP) is 6.02. The number of methoxy groups -OCH3 is 2. The lowest BCUT2D eigenvalue weighted by atomic mass is 9.89. The maximum absolute atomic E-state index is 11.6. The third-order valence-electron chi connectivity index (χ3n) is 6.25. The molecule has 0 aliphatic carbocycles. The van der Waals surface area contributed by atoms with Crippen molar-refractivity contribution in [2.75, 3.05) is 14.2 Å². The number of benzene rings is 1. The zero-order chi connectivity index (χ0) is 21.2. The average Bonchev–Trinajstić information content (AvgIpc) is 2.75. The summed E-state index contributed by atoms with van der Waals surface area (Å²) in [6.07, 6.45) is 2.87. The number of carbonyl (C=O) groups excluding carboxylic acids is 1. The van der Waals surface area contributed by atoms with Gasteiger partial charge in [0, 0.05) is 13.0 Å². The highest BCUT2D eigenvalue weighted by Crippen LogP contribution is 2.33. The van der Waals surface area contributed by atoms with Crippen molar-refractivity contribution in [3.63, 3.8) is 0 Å². The first kappa shape index (κ1) is 24.9. The zero-order valence-electron chi connectivity index (χ0n) is 18.9. The van der Waals surface area contributed by atoms with E-state index in [4.69, 9.17) is 13.9 Å². The van der Waals surface area contributed by atoms with Gasteiger partial charge in [0.05, 0.1) is 19.3 Å². The maximum atomic E-state index is 11.6. The van der Waals surface area contributed by atoms with E-state index < -0.39 is 8.32 Å². The Bertz CT molecular complexity index is 565. The fourth-order valence-electron chi connectivity index (χ4n) is 3.95. The first-order chi connectivity index (χ1) is 13.4. The molecule has 0 radical (unpaired) electrons. The van der Waals surface area contributed by atoms with Gasteiger partial charge in [-0.2, -0.15) is 0 Å². The molecule has 1 aromatic rings. The highest BCUT2D eigenvalue weighted by atomic mass is 28.4. The highest BCUT2D eigenvalue weighted by Gasteiger charge is 2.36. The maximum Gasteiger partial charge on any atom is 0.192 e. The van der Waals surface area contributed by atoms with Gasteiger partial charge in [-0.05, 0) is 54.6 Å². The van der Waals surface area contributed by atoms with E-state index in [0.717, 1.165) is 48.6 Å². The van der Waals surface area contributed by atoms with Crippen LogP contribution in [0.2, 0.25) is 18.1 Å². The summed E-state index contributed by atoms with van der Waals surface area (Å²) in [6.45, 7) is 10.9. The topological polar surface area (TPSA) is 44.8 Å². The van der Waals surface area contributed by atoms with Crippen LogP contribution in [-0.4, -0.2) is 34.9 Å². The average molecular weight is 409 g/mol. The molecule has 160 valence electrons. The Morgan fingerprint density at radius 2 is 1.68 bits per heavy atom. The van der Waals surface area contributed by atoms with Crippen LogP contribution in [0.3, 0.4) is 0 Å². The SMILES string of the molecule is CC[Si](CC)(CC)O[C@@H]([C@@H](C)C=O)[C@@H](C)CC[C@@H](OC)c1cccc(OC)c1. The van der Waals surface area contributed by atoms with E-state index in [1.807, 2.05) is 25.1 Å². The van der Waals surface area contributed by atoms with Crippen molar-refractivity contribution in [3.05, 3.63) is 29.8 Å². The van der Waals surface area contributed by atoms with Crippen LogP contribution in [0.1, 0.15) is 59.1 Å². The quantitative estimate of drug-likeness (QED) is 0.279. The van der Waals surface area contributed by atoms with Crippen LogP contribution < -0.4 is 4.74 Å². The molecular weight excluding hydrogens is 368 g/mol. The van der Waals surface area contributed by atoms with Crippen molar-refractivity contribution in [3.8, 4) is 5.75 Å². The van der Waals surface area contributed by atoms with Crippen LogP contribution >= 0.6 is 0 Å². The molecule has 28 heavy (non-hydrogen) atoms. The molecule has 0 bridgehead atoms. The number of ether oxygens (including phenoxy) is 2. The van der Waals surface area contributed by atoms with Gasteiger partial charge in [-0.25, -0.2) is 0 Å². The summed E-state index contributed by atoms with van der Waals surface area (Å²) in [5, 5.41) is 0. The Morgan fingerprint density at radius 3 is 2.18 bits per heavy atom. The van der Waals surface area contributed by atoms with E-state index >= 15 is 0 Å². The van der Waals surface area contributed by atoms with Gasteiger partial charge in [0.25, 0.3) is 0 Å². The molecular formula is C23H40O4Si. The van der Waals surface area contributed by atoms with Gasteiger partial charge >= 0.3 is 0 Å². The predicted molar refractivity (Wildman–Crippen MR) is 118 cm³/mol. The molecule has 0 amide bonds. The van der Waals surface area contributed by atoms with E-state index in [1.165, 1.54) is 0 Å². The second-order valence-corrected chi connectivity index (χ2v) is 12.6. The summed E-state index contributed by atoms with van der Waals surface area (Å²) in [6, 6.07) is 11.3. The van der Waals surface area contributed by atoms with E-state index in [1.54, 1.807) is 14.2 Å². The highest BCUT2D eigenvalue weighted by molar-refractivity contribution is 6.73. The third-order valence-corrected chi connectivity index (χ3v) is 10.9. The molecule has 1 aromatic carbocycles. The number of aldehydes is 1. The molecule has 0 saturated heterocycles. The summed E-state index contributed by atoms with van der Waals surface area (Å²) in [5.74, 6) is 1.04. The van der Waals surface area contributed by atoms with Crippen LogP contribution in [0.15, 0.2) is 24.3 Å². The van der Waals surface area contributed by atoms with Crippen LogP contribution in [-0.2, 0) is 14.0 Å². The summed E-state index contributed by atoms with van der Waals surface area (Å²) in [7, 11) is 1.66. The number of hydrogen-bond donors (Lipinski definition) is 0. The first-order valence-corrected chi connectivity index (χ1v) is 13.2. The van der Waals surface area contributed by atoms with Crippen molar-refractivity contribution < 1.29 is 18.7 Å². The summed E-state index contributed by atoms with van der Waals surface area (Å²) < 4.78 is 17.9. The van der Waals surface area contributed by atoms with E-state index in [0.29, 0.717) is 5.92 Å². The molecule has 0 aromatic heterocycles. The van der Waals surface area contributed by atoms with Crippen molar-refractivity contribution >= 4 is 14.6 Å². The largest absolute Gasteiger partial charge is 0.497 e. The molecule has 0 unspecified atom stereocenters. The molecule has 0 fully saturated rings. The molecule has 0 N–H and O–H groups in total. The van der Waals surface area contributed by atoms with Crippen molar-refractivity contribution in [2.24, 2.45) is 11.8 Å². The standard InChI is InChI=1S/C23H40O4Si/c1-8-28(9-2,10-3)27-23(19(5)17-24)18(4)14-15-22(26-7)20-12-11-13-21(16-20)25-6/h11-13,16-19,22-23H,8-10,14-15H2,1-7H3/t18-,19-,22+,23+/m0/s1. The van der Waals surface area contributed by atoms with Crippen molar-refractivity contribution in [1.82, 2.24) is 0 Å². The van der Waals surface area contributed by atoms with Gasteiger partial charge < -0.3 is 18.7 Å². The Morgan fingerprint density at radius 1 is 1.04 bits per heavy atom. The summed E-state index contributed by atoms with van der Waals surface area (Å²) in [5.41, 5.74) is 1.12. The first-order valence-electron chi connectivity index (χ1n) is 10.7. The monoisotopic (exact) mass is 408 g/mol. The minimum atomic E-state index is -1.77. The third kappa shape index (κ3) is 6.71. The van der Waals surface area contributed by atoms with Crippen LogP contribution in [0.5, 0.6) is 5.75 Å². The number of carbonyl (C=O) groups is 1. The smallest absolute Gasteiger partial charge is 0.192 e. The van der Waals surface area contributed by atoms with E-state index in [2.05, 4.69) is 33.8 Å². The molecule has 4 nitrogen and oxygen atoms in total. The van der Waals surface area contributed by atoms with Crippen LogP contribution in [0, 0.1) is 11.8 Å². The van der Waals surface area contributed by atoms with Gasteiger partial charge in [-0.1, -0.05) is 46.8 Å². The molecule has 0 aliphatic heterocycles. The lowest BCUT2D eigenvalue weighted by Gasteiger charge is -2.38. The zero-order valence-corrected chi connectivity index (χ0v) is 19.9. The molecule has 0 saturated carbocycles. The molecule has 0 heterocycles. The van der Waals surface area contributed by atoms with Gasteiger partial charge in [-0.3, -0.25) is 0 Å². The minimum Gasteiger partial charge on any atom is -0.497 e. The van der Waals surface area contributed by atoms with Crippen molar-refractivity contribution in [1.29, 1.82) is 0 Å². The van der Waals surface area contributed by atoms with Gasteiger partial charge in [-0.15, -0.1) is 0 Å². The number of rotatable bonds is 14. The molecule has 0 aliphatic rings. The van der Waals surface area contributed by atoms with Gasteiger partial charge in [0.15, 0.2) is 8.32 Å². The summed E-state index contributed by atoms with van der Waals surface area (Å²) in [4.78, 5) is 11.6. The lowest BCUT2D eigenvalue weighted by molar-refractivity contribution is -0.114. The second kappa shape index (κ2) is 12.4. The Hall–Kier alpha value is -1.17. The van der Waals surface area contributed by atoms with Crippen LogP contribution in [0.25, 0.3) is 0 Å². The molecule has 1 rings (SSSR count). The van der Waals surface area contributed by atoms with E-state index in [-0.39, 0.29) is 18.1 Å². The Balaban J connectivity index is 2.88. The van der Waals surface area contributed by atoms with Crippen molar-refractivity contribution in [2.45, 2.75) is 77.8 Å². The molecule has 5 heteroatoms. The van der Waals surface area contributed by atoms with E-state index in [9.17, 15) is 4.79 Å². The fourth-order valence-corrected chi connectivity index (χ4v) is 6.97. The Labute approximate surface area is 173 Å². The van der Waals surface area contributed by atoms with Gasteiger partial charge in [0.1, 0.15) is 12.0 Å². The minimum absolute atomic E-state index is 0.00950. The normalized spacial score (nSPS) is 16.2. The fraction of sp³-hybridized carbons (Fsp3) is 0.696. The Kier molecular flexibility index (Phi) is 11.0. The molecule has 0 spiro atoms. The summed E-state index contributed by atoms with van der Waals surface area (Å²) >= 11 is 0.